The molecule has 1 aromatic rings. The maximum absolute atomic E-state index is 12.4. The van der Waals surface area contributed by atoms with Crippen LogP contribution >= 0.6 is 0 Å². The summed E-state index contributed by atoms with van der Waals surface area (Å²) in [6.45, 7) is 0. The van der Waals surface area contributed by atoms with E-state index in [1.807, 2.05) is 42.5 Å². The summed E-state index contributed by atoms with van der Waals surface area (Å²) in [6, 6.07) is 10.1. The van der Waals surface area contributed by atoms with Crippen LogP contribution in [0.15, 0.2) is 36.4 Å². The van der Waals surface area contributed by atoms with E-state index >= 15 is 0 Å². The van der Waals surface area contributed by atoms with Gasteiger partial charge < -0.3 is 0 Å². The highest BCUT2D eigenvalue weighted by atomic mass is 32.2. The molecule has 0 aliphatic carbocycles. The molecular formula is C18H22O2S. The molecule has 2 saturated heterocycles. The fourth-order valence-corrected chi connectivity index (χ4v) is 5.73. The van der Waals surface area contributed by atoms with Gasteiger partial charge >= 0.3 is 0 Å². The first-order valence-corrected chi connectivity index (χ1v) is 9.15. The van der Waals surface area contributed by atoms with Gasteiger partial charge in [0.25, 0.3) is 0 Å². The zero-order chi connectivity index (χ0) is 14.7. The van der Waals surface area contributed by atoms with Crippen LogP contribution in [0.2, 0.25) is 0 Å². The number of allylic oxidation sites excluding steroid dienone is 1. The fourth-order valence-electron chi connectivity index (χ4n) is 3.54. The number of rotatable bonds is 4. The molecule has 2 fully saturated rings. The number of carbonyl (C=O) groups is 1. The van der Waals surface area contributed by atoms with Gasteiger partial charge in [-0.2, -0.15) is 0 Å². The lowest BCUT2D eigenvalue weighted by Crippen LogP contribution is -2.41. The van der Waals surface area contributed by atoms with Crippen molar-refractivity contribution in [2.45, 2.75) is 49.0 Å². The van der Waals surface area contributed by atoms with Crippen LogP contribution in [0.4, 0.5) is 0 Å². The Kier molecular flexibility index (Phi) is 4.69. The first-order valence-electron chi connectivity index (χ1n) is 7.87. The van der Waals surface area contributed by atoms with Crippen molar-refractivity contribution in [3.05, 3.63) is 42.0 Å². The molecule has 2 atom stereocenters. The van der Waals surface area contributed by atoms with Crippen molar-refractivity contribution in [2.24, 2.45) is 5.92 Å². The summed E-state index contributed by atoms with van der Waals surface area (Å²) >= 11 is 0. The zero-order valence-corrected chi connectivity index (χ0v) is 13.1. The molecule has 2 heterocycles. The maximum Gasteiger partial charge on any atom is 0.139 e. The summed E-state index contributed by atoms with van der Waals surface area (Å²) in [4.78, 5) is 12.4. The second kappa shape index (κ2) is 6.69. The number of Topliss-reactive ketones (excluding diaryl/α,β-unsaturated/α-hetero) is 1. The number of carbonyl (C=O) groups excluding carboxylic acids is 1. The van der Waals surface area contributed by atoms with Gasteiger partial charge in [-0.1, -0.05) is 48.9 Å². The highest BCUT2D eigenvalue weighted by molar-refractivity contribution is 7.86. The van der Waals surface area contributed by atoms with Gasteiger partial charge in [0.2, 0.25) is 0 Å². The van der Waals surface area contributed by atoms with Gasteiger partial charge in [-0.05, 0) is 31.2 Å². The van der Waals surface area contributed by atoms with Crippen LogP contribution < -0.4 is 0 Å². The number of hydrogen-bond donors (Lipinski definition) is 0. The SMILES string of the molecule is O=C(C/C=C/c1ccccc1)C1CC2CCCC(C1)S2=O. The van der Waals surface area contributed by atoms with Crippen molar-refractivity contribution in [1.29, 1.82) is 0 Å². The van der Waals surface area contributed by atoms with Crippen LogP contribution in [0.3, 0.4) is 0 Å². The molecule has 0 N–H and O–H groups in total. The Morgan fingerprint density at radius 1 is 1.14 bits per heavy atom. The standard InChI is InChI=1S/C18H22O2S/c19-18(11-4-8-14-6-2-1-3-7-14)15-12-16-9-5-10-17(13-15)21(16)20/h1-4,6-8,15-17H,5,9-13H2/b8-4+. The average molecular weight is 302 g/mol. The molecule has 0 saturated carbocycles. The van der Waals surface area contributed by atoms with Crippen molar-refractivity contribution in [1.82, 2.24) is 0 Å². The molecule has 2 bridgehead atoms. The van der Waals surface area contributed by atoms with Crippen LogP contribution in [0.1, 0.15) is 44.1 Å². The highest BCUT2D eigenvalue weighted by Gasteiger charge is 2.39. The van der Waals surface area contributed by atoms with Crippen LogP contribution in [0, 0.1) is 5.92 Å². The minimum atomic E-state index is -0.679. The van der Waals surface area contributed by atoms with Gasteiger partial charge in [0.15, 0.2) is 0 Å². The van der Waals surface area contributed by atoms with E-state index in [-0.39, 0.29) is 16.4 Å². The van der Waals surface area contributed by atoms with Gasteiger partial charge in [-0.25, -0.2) is 0 Å². The lowest BCUT2D eigenvalue weighted by Gasteiger charge is -2.37. The van der Waals surface area contributed by atoms with Gasteiger partial charge in [0.05, 0.1) is 0 Å². The Labute approximate surface area is 129 Å². The van der Waals surface area contributed by atoms with Crippen molar-refractivity contribution in [3.8, 4) is 0 Å². The smallest absolute Gasteiger partial charge is 0.139 e. The molecule has 0 amide bonds. The Morgan fingerprint density at radius 3 is 2.48 bits per heavy atom. The second-order valence-electron chi connectivity index (χ2n) is 6.16. The molecule has 2 aliphatic heterocycles. The predicted octanol–water partition coefficient (Wildman–Crippen LogP) is 3.74. The lowest BCUT2D eigenvalue weighted by atomic mass is 9.85. The predicted molar refractivity (Wildman–Crippen MR) is 87.4 cm³/mol. The first-order chi connectivity index (χ1) is 10.2. The Hall–Kier alpha value is -1.22. The van der Waals surface area contributed by atoms with Gasteiger partial charge in [0.1, 0.15) is 5.78 Å². The molecule has 0 aromatic heterocycles. The second-order valence-corrected chi connectivity index (χ2v) is 8.15. The van der Waals surface area contributed by atoms with Gasteiger partial charge in [-0.15, -0.1) is 0 Å². The molecule has 3 rings (SSSR count). The molecule has 1 aromatic carbocycles. The van der Waals surface area contributed by atoms with Gasteiger partial charge in [0, 0.05) is 33.6 Å². The minimum Gasteiger partial charge on any atom is -0.299 e. The van der Waals surface area contributed by atoms with Crippen molar-refractivity contribution >= 4 is 22.7 Å². The molecule has 0 spiro atoms. The van der Waals surface area contributed by atoms with E-state index in [1.54, 1.807) is 0 Å². The normalized spacial score (nSPS) is 32.2. The molecule has 2 unspecified atom stereocenters. The third-order valence-corrected chi connectivity index (χ3v) is 6.86. The quantitative estimate of drug-likeness (QED) is 0.849. The van der Waals surface area contributed by atoms with E-state index in [0.717, 1.165) is 31.2 Å². The first kappa shape index (κ1) is 14.7. The van der Waals surface area contributed by atoms with E-state index in [1.165, 1.54) is 6.42 Å². The van der Waals surface area contributed by atoms with Crippen molar-refractivity contribution in [2.75, 3.05) is 0 Å². The number of benzene rings is 1. The summed E-state index contributed by atoms with van der Waals surface area (Å²) in [5, 5.41) is 0.564. The van der Waals surface area contributed by atoms with Crippen LogP contribution in [0.5, 0.6) is 0 Å². The number of fused-ring (bicyclic) bond motifs is 2. The third kappa shape index (κ3) is 3.52. The summed E-state index contributed by atoms with van der Waals surface area (Å²) < 4.78 is 12.2. The number of ketones is 1. The summed E-state index contributed by atoms with van der Waals surface area (Å²) in [6.07, 6.45) is 9.47. The Morgan fingerprint density at radius 2 is 1.81 bits per heavy atom. The average Bonchev–Trinajstić information content (AvgIpc) is 2.48. The third-order valence-electron chi connectivity index (χ3n) is 4.69. The van der Waals surface area contributed by atoms with Gasteiger partial charge in [-0.3, -0.25) is 9.00 Å². The largest absolute Gasteiger partial charge is 0.299 e. The molecular weight excluding hydrogens is 280 g/mol. The number of hydrogen-bond acceptors (Lipinski definition) is 2. The summed E-state index contributed by atoms with van der Waals surface area (Å²) in [5.74, 6) is 0.467. The van der Waals surface area contributed by atoms with Crippen molar-refractivity contribution in [3.63, 3.8) is 0 Å². The highest BCUT2D eigenvalue weighted by Crippen LogP contribution is 2.37. The summed E-state index contributed by atoms with van der Waals surface area (Å²) in [7, 11) is -0.679. The van der Waals surface area contributed by atoms with E-state index in [2.05, 4.69) is 0 Å². The Bertz CT molecular complexity index is 534. The molecule has 3 heteroatoms. The molecule has 112 valence electrons. The molecule has 2 nitrogen and oxygen atoms in total. The van der Waals surface area contributed by atoms with E-state index in [0.29, 0.717) is 12.2 Å². The van der Waals surface area contributed by atoms with Crippen LogP contribution in [-0.2, 0) is 15.6 Å². The van der Waals surface area contributed by atoms with E-state index < -0.39 is 10.8 Å². The van der Waals surface area contributed by atoms with Crippen molar-refractivity contribution < 1.29 is 9.00 Å². The monoisotopic (exact) mass is 302 g/mol. The lowest BCUT2D eigenvalue weighted by molar-refractivity contribution is -0.122. The van der Waals surface area contributed by atoms with Crippen LogP contribution in [-0.4, -0.2) is 20.5 Å². The molecule has 0 radical (unpaired) electrons. The minimum absolute atomic E-state index is 0.137. The Balaban J connectivity index is 1.56. The molecule has 21 heavy (non-hydrogen) atoms. The zero-order valence-electron chi connectivity index (χ0n) is 12.2. The van der Waals surface area contributed by atoms with E-state index in [4.69, 9.17) is 0 Å². The topological polar surface area (TPSA) is 34.1 Å². The summed E-state index contributed by atoms with van der Waals surface area (Å²) in [5.41, 5.74) is 1.13. The van der Waals surface area contributed by atoms with E-state index in [9.17, 15) is 9.00 Å². The maximum atomic E-state index is 12.4. The fraction of sp³-hybridized carbons (Fsp3) is 0.500. The van der Waals surface area contributed by atoms with Crippen LogP contribution in [0.25, 0.3) is 6.08 Å². The molecule has 2 aliphatic rings.